The topological polar surface area (TPSA) is 80.4 Å². The first kappa shape index (κ1) is 17.5. The Balaban J connectivity index is 2.08. The van der Waals surface area contributed by atoms with E-state index in [4.69, 9.17) is 14.2 Å². The highest BCUT2D eigenvalue weighted by atomic mass is 16.5. The summed E-state index contributed by atoms with van der Waals surface area (Å²) in [6.45, 7) is 0. The molecule has 0 atom stereocenters. The first-order chi connectivity index (χ1) is 12.5. The van der Waals surface area contributed by atoms with Crippen molar-refractivity contribution >= 4 is 23.2 Å². The van der Waals surface area contributed by atoms with E-state index in [1.165, 1.54) is 10.8 Å². The Hall–Kier alpha value is -3.29. The maximum absolute atomic E-state index is 12.4. The monoisotopic (exact) mass is 356 g/mol. The fraction of sp³-hybridized carbons (Fsp3) is 0.278. The third-order valence-electron chi connectivity index (χ3n) is 4.12. The predicted molar refractivity (Wildman–Crippen MR) is 98.8 cm³/mol. The van der Waals surface area contributed by atoms with Crippen LogP contribution >= 0.6 is 0 Å². The summed E-state index contributed by atoms with van der Waals surface area (Å²) in [5.74, 6) is 2.14. The maximum Gasteiger partial charge on any atom is 0.264 e. The molecular weight excluding hydrogens is 336 g/mol. The molecule has 2 heterocycles. The minimum atomic E-state index is -0.146. The molecule has 8 heteroatoms. The Labute approximate surface area is 150 Å². The van der Waals surface area contributed by atoms with E-state index in [0.29, 0.717) is 34.1 Å². The third-order valence-corrected chi connectivity index (χ3v) is 4.12. The Kier molecular flexibility index (Phi) is 4.66. The van der Waals surface area contributed by atoms with Gasteiger partial charge in [0.25, 0.3) is 5.56 Å². The number of benzene rings is 1. The summed E-state index contributed by atoms with van der Waals surface area (Å²) in [7, 11) is 8.11. The first-order valence-corrected chi connectivity index (χ1v) is 7.87. The van der Waals surface area contributed by atoms with Gasteiger partial charge in [-0.25, -0.2) is 4.98 Å². The molecule has 0 aliphatic carbocycles. The van der Waals surface area contributed by atoms with E-state index in [0.717, 1.165) is 5.56 Å². The SMILES string of the molecule is COc1cc(/C=C/c2nc3c(cnn3C)c(=O)n2C)cc(OC)c1OC. The maximum atomic E-state index is 12.4. The van der Waals surface area contributed by atoms with Gasteiger partial charge < -0.3 is 14.2 Å². The molecule has 0 aliphatic heterocycles. The van der Waals surface area contributed by atoms with Crippen LogP contribution in [0.5, 0.6) is 17.2 Å². The fourth-order valence-corrected chi connectivity index (χ4v) is 2.70. The van der Waals surface area contributed by atoms with Crippen molar-refractivity contribution in [3.63, 3.8) is 0 Å². The molecule has 0 fully saturated rings. The van der Waals surface area contributed by atoms with Crippen LogP contribution in [0.25, 0.3) is 23.2 Å². The van der Waals surface area contributed by atoms with Crippen molar-refractivity contribution in [2.75, 3.05) is 21.3 Å². The van der Waals surface area contributed by atoms with Gasteiger partial charge in [-0.1, -0.05) is 6.08 Å². The predicted octanol–water partition coefficient (Wildman–Crippen LogP) is 1.86. The van der Waals surface area contributed by atoms with E-state index in [9.17, 15) is 4.79 Å². The van der Waals surface area contributed by atoms with Crippen molar-refractivity contribution in [3.05, 3.63) is 40.1 Å². The number of nitrogens with zero attached hydrogens (tertiary/aromatic N) is 4. The lowest BCUT2D eigenvalue weighted by Crippen LogP contribution is -2.20. The number of methoxy groups -OCH3 is 3. The van der Waals surface area contributed by atoms with E-state index in [-0.39, 0.29) is 5.56 Å². The van der Waals surface area contributed by atoms with Crippen LogP contribution in [-0.2, 0) is 14.1 Å². The molecular formula is C18H20N4O4. The fourth-order valence-electron chi connectivity index (χ4n) is 2.70. The summed E-state index contributed by atoms with van der Waals surface area (Å²) in [5, 5.41) is 4.58. The molecule has 0 aliphatic rings. The highest BCUT2D eigenvalue weighted by Gasteiger charge is 2.13. The summed E-state index contributed by atoms with van der Waals surface area (Å²) >= 11 is 0. The van der Waals surface area contributed by atoms with Gasteiger partial charge in [-0.15, -0.1) is 0 Å². The number of ether oxygens (including phenoxy) is 3. The van der Waals surface area contributed by atoms with Crippen LogP contribution in [0.1, 0.15) is 11.4 Å². The number of hydrogen-bond donors (Lipinski definition) is 0. The van der Waals surface area contributed by atoms with E-state index in [1.807, 2.05) is 18.2 Å². The standard InChI is InChI=1S/C18H20N4O4/c1-21-15(20-17-12(18(21)23)10-19-22(17)2)7-6-11-8-13(24-3)16(26-5)14(9-11)25-4/h6-10H,1-5H3/b7-6+. The molecule has 8 nitrogen and oxygen atoms in total. The second-order valence-corrected chi connectivity index (χ2v) is 5.63. The van der Waals surface area contributed by atoms with Crippen molar-refractivity contribution in [3.8, 4) is 17.2 Å². The van der Waals surface area contributed by atoms with Crippen LogP contribution in [0.15, 0.2) is 23.1 Å². The molecule has 0 N–H and O–H groups in total. The molecule has 3 aromatic rings. The zero-order chi connectivity index (χ0) is 18.8. The highest BCUT2D eigenvalue weighted by Crippen LogP contribution is 2.38. The quantitative estimate of drug-likeness (QED) is 0.694. The van der Waals surface area contributed by atoms with Gasteiger partial charge in [-0.3, -0.25) is 14.0 Å². The third kappa shape index (κ3) is 2.90. The van der Waals surface area contributed by atoms with Gasteiger partial charge in [0, 0.05) is 14.1 Å². The molecule has 3 rings (SSSR count). The second kappa shape index (κ2) is 6.91. The van der Waals surface area contributed by atoms with E-state index < -0.39 is 0 Å². The smallest absolute Gasteiger partial charge is 0.264 e. The van der Waals surface area contributed by atoms with Gasteiger partial charge in [-0.2, -0.15) is 5.10 Å². The zero-order valence-corrected chi connectivity index (χ0v) is 15.3. The van der Waals surface area contributed by atoms with Crippen LogP contribution < -0.4 is 19.8 Å². The van der Waals surface area contributed by atoms with Crippen molar-refractivity contribution in [1.82, 2.24) is 19.3 Å². The van der Waals surface area contributed by atoms with Crippen molar-refractivity contribution in [2.24, 2.45) is 14.1 Å². The van der Waals surface area contributed by atoms with Gasteiger partial charge in [0.15, 0.2) is 17.1 Å². The lowest BCUT2D eigenvalue weighted by Gasteiger charge is -2.12. The highest BCUT2D eigenvalue weighted by molar-refractivity contribution is 5.76. The number of aromatic nitrogens is 4. The lowest BCUT2D eigenvalue weighted by atomic mass is 10.1. The number of aryl methyl sites for hydroxylation is 1. The Bertz CT molecular complexity index is 1020. The average Bonchev–Trinajstić information content (AvgIpc) is 3.03. The number of fused-ring (bicyclic) bond motifs is 1. The van der Waals surface area contributed by atoms with Crippen LogP contribution in [-0.4, -0.2) is 40.7 Å². The molecule has 0 saturated heterocycles. The molecule has 0 saturated carbocycles. The minimum absolute atomic E-state index is 0.146. The summed E-state index contributed by atoms with van der Waals surface area (Å²) in [5.41, 5.74) is 1.21. The lowest BCUT2D eigenvalue weighted by molar-refractivity contribution is 0.324. The van der Waals surface area contributed by atoms with Gasteiger partial charge in [-0.05, 0) is 23.8 Å². The minimum Gasteiger partial charge on any atom is -0.493 e. The average molecular weight is 356 g/mol. The van der Waals surface area contributed by atoms with Crippen LogP contribution in [0, 0.1) is 0 Å². The molecule has 1 aromatic carbocycles. The van der Waals surface area contributed by atoms with Gasteiger partial charge >= 0.3 is 0 Å². The molecule has 136 valence electrons. The Morgan fingerprint density at radius 1 is 1.00 bits per heavy atom. The van der Waals surface area contributed by atoms with Crippen molar-refractivity contribution in [1.29, 1.82) is 0 Å². The largest absolute Gasteiger partial charge is 0.493 e. The molecule has 0 spiro atoms. The summed E-state index contributed by atoms with van der Waals surface area (Å²) in [4.78, 5) is 17.0. The van der Waals surface area contributed by atoms with E-state index in [1.54, 1.807) is 46.2 Å². The number of rotatable bonds is 5. The summed E-state index contributed by atoms with van der Waals surface area (Å²) < 4.78 is 19.1. The Morgan fingerprint density at radius 3 is 2.23 bits per heavy atom. The van der Waals surface area contributed by atoms with Gasteiger partial charge in [0.1, 0.15) is 11.2 Å². The summed E-state index contributed by atoms with van der Waals surface area (Å²) in [6, 6.07) is 3.64. The molecule has 0 unspecified atom stereocenters. The normalized spacial score (nSPS) is 11.3. The van der Waals surface area contributed by atoms with Crippen LogP contribution in [0.4, 0.5) is 0 Å². The molecule has 0 radical (unpaired) electrons. The van der Waals surface area contributed by atoms with Gasteiger partial charge in [0.05, 0.1) is 27.5 Å². The second-order valence-electron chi connectivity index (χ2n) is 5.63. The molecule has 0 bridgehead atoms. The molecule has 26 heavy (non-hydrogen) atoms. The van der Waals surface area contributed by atoms with Crippen LogP contribution in [0.3, 0.4) is 0 Å². The van der Waals surface area contributed by atoms with E-state index in [2.05, 4.69) is 10.1 Å². The van der Waals surface area contributed by atoms with Gasteiger partial charge in [0.2, 0.25) is 5.75 Å². The van der Waals surface area contributed by atoms with Crippen molar-refractivity contribution in [2.45, 2.75) is 0 Å². The molecule has 0 amide bonds. The van der Waals surface area contributed by atoms with Crippen LogP contribution in [0.2, 0.25) is 0 Å². The zero-order valence-electron chi connectivity index (χ0n) is 15.3. The summed E-state index contributed by atoms with van der Waals surface area (Å²) in [6.07, 6.45) is 5.11. The van der Waals surface area contributed by atoms with E-state index >= 15 is 0 Å². The van der Waals surface area contributed by atoms with Crippen molar-refractivity contribution < 1.29 is 14.2 Å². The number of hydrogen-bond acceptors (Lipinski definition) is 6. The molecule has 2 aromatic heterocycles. The first-order valence-electron chi connectivity index (χ1n) is 7.87. The Morgan fingerprint density at radius 2 is 1.65 bits per heavy atom.